The molecule has 4 unspecified atom stereocenters. The van der Waals surface area contributed by atoms with Crippen molar-refractivity contribution in [2.24, 2.45) is 10.8 Å². The van der Waals surface area contributed by atoms with Crippen molar-refractivity contribution in [1.82, 2.24) is 0 Å². The molecule has 0 aromatic carbocycles. The average molecular weight is 637 g/mol. The number of hydrogen-bond donors (Lipinski definition) is 6. The van der Waals surface area contributed by atoms with Crippen molar-refractivity contribution in [2.75, 3.05) is 0 Å². The summed E-state index contributed by atoms with van der Waals surface area (Å²) in [5.74, 6) is -2.04. The van der Waals surface area contributed by atoms with Crippen LogP contribution < -0.4 is 0 Å². The van der Waals surface area contributed by atoms with Gasteiger partial charge in [0.1, 0.15) is 11.2 Å². The molecule has 0 aromatic rings. The molecule has 0 aliphatic heterocycles. The van der Waals surface area contributed by atoms with Crippen molar-refractivity contribution in [3.8, 4) is 0 Å². The van der Waals surface area contributed by atoms with Gasteiger partial charge in [0.15, 0.2) is 5.79 Å². The van der Waals surface area contributed by atoms with Gasteiger partial charge in [0, 0.05) is 18.3 Å². The molecule has 6 nitrogen and oxygen atoms in total. The van der Waals surface area contributed by atoms with E-state index in [1.807, 2.05) is 108 Å². The van der Waals surface area contributed by atoms with E-state index in [0.29, 0.717) is 6.42 Å². The van der Waals surface area contributed by atoms with E-state index in [1.54, 1.807) is 39.0 Å². The fourth-order valence-electron chi connectivity index (χ4n) is 6.96. The van der Waals surface area contributed by atoms with E-state index in [1.165, 1.54) is 6.92 Å². The lowest BCUT2D eigenvalue weighted by molar-refractivity contribution is -0.300. The molecule has 46 heavy (non-hydrogen) atoms. The molecule has 0 heterocycles. The maximum Gasteiger partial charge on any atom is 0.165 e. The molecule has 0 aromatic heterocycles. The van der Waals surface area contributed by atoms with Gasteiger partial charge in [0.2, 0.25) is 0 Å². The third-order valence-electron chi connectivity index (χ3n) is 9.96. The van der Waals surface area contributed by atoms with E-state index >= 15 is 0 Å². The normalized spacial score (nSPS) is 34.6. The van der Waals surface area contributed by atoms with Crippen LogP contribution in [0.3, 0.4) is 0 Å². The summed E-state index contributed by atoms with van der Waals surface area (Å²) in [6, 6.07) is 0. The Bertz CT molecular complexity index is 1320. The predicted octanol–water partition coefficient (Wildman–Crippen LogP) is 7.23. The summed E-state index contributed by atoms with van der Waals surface area (Å²) in [7, 11) is 0. The van der Waals surface area contributed by atoms with Crippen molar-refractivity contribution >= 4 is 0 Å². The molecule has 0 saturated heterocycles. The van der Waals surface area contributed by atoms with Crippen molar-refractivity contribution < 1.29 is 30.6 Å². The van der Waals surface area contributed by atoms with Gasteiger partial charge in [-0.15, -0.1) is 0 Å². The summed E-state index contributed by atoms with van der Waals surface area (Å²) in [6.45, 7) is 18.5. The molecule has 2 aliphatic rings. The SMILES string of the molecule is CC(/C=C/C=C(C)/C=C/C1(O)C(C)(C)CCCC1(C)O)=C\C=C\C=C(C)\C=C\C=C(C)\C=C\C1(O)C(C)(C)CC(O)(O)CC1(C)O. The zero-order chi connectivity index (χ0) is 35.2. The summed E-state index contributed by atoms with van der Waals surface area (Å²) < 4.78 is 0. The Morgan fingerprint density at radius 1 is 0.457 bits per heavy atom. The van der Waals surface area contributed by atoms with Crippen LogP contribution in [0.4, 0.5) is 0 Å². The minimum atomic E-state index is -2.04. The lowest BCUT2D eigenvalue weighted by atomic mass is 9.56. The highest BCUT2D eigenvalue weighted by Crippen LogP contribution is 2.53. The van der Waals surface area contributed by atoms with Crippen LogP contribution in [0.2, 0.25) is 0 Å². The van der Waals surface area contributed by atoms with Crippen LogP contribution in [0, 0.1) is 10.8 Å². The fourth-order valence-corrected chi connectivity index (χ4v) is 6.96. The topological polar surface area (TPSA) is 121 Å². The first-order valence-electron chi connectivity index (χ1n) is 16.3. The second-order valence-electron chi connectivity index (χ2n) is 15.5. The molecule has 2 rings (SSSR count). The van der Waals surface area contributed by atoms with Gasteiger partial charge in [-0.1, -0.05) is 123 Å². The van der Waals surface area contributed by atoms with Crippen LogP contribution in [0.15, 0.2) is 107 Å². The van der Waals surface area contributed by atoms with E-state index < -0.39 is 39.0 Å². The number of rotatable bonds is 10. The van der Waals surface area contributed by atoms with Crippen LogP contribution in [0.25, 0.3) is 0 Å². The molecular weight excluding hydrogens is 576 g/mol. The van der Waals surface area contributed by atoms with E-state index in [4.69, 9.17) is 0 Å². The van der Waals surface area contributed by atoms with Crippen molar-refractivity contribution in [1.29, 1.82) is 0 Å². The molecule has 6 heteroatoms. The first-order valence-corrected chi connectivity index (χ1v) is 16.3. The lowest BCUT2D eigenvalue weighted by Crippen LogP contribution is -2.68. The number of hydrogen-bond acceptors (Lipinski definition) is 6. The molecule has 2 saturated carbocycles. The average Bonchev–Trinajstić information content (AvgIpc) is 2.89. The van der Waals surface area contributed by atoms with Gasteiger partial charge in [0.25, 0.3) is 0 Å². The largest absolute Gasteiger partial charge is 0.387 e. The molecule has 2 aliphatic carbocycles. The highest BCUT2D eigenvalue weighted by molar-refractivity contribution is 5.34. The van der Waals surface area contributed by atoms with Crippen molar-refractivity contribution in [3.05, 3.63) is 107 Å². The Morgan fingerprint density at radius 2 is 0.848 bits per heavy atom. The summed E-state index contributed by atoms with van der Waals surface area (Å²) in [6.07, 6.45) is 28.7. The zero-order valence-corrected chi connectivity index (χ0v) is 29.8. The Balaban J connectivity index is 1.98. The van der Waals surface area contributed by atoms with Gasteiger partial charge < -0.3 is 30.6 Å². The maximum absolute atomic E-state index is 11.4. The lowest BCUT2D eigenvalue weighted by Gasteiger charge is -2.56. The highest BCUT2D eigenvalue weighted by Gasteiger charge is 2.62. The van der Waals surface area contributed by atoms with Crippen molar-refractivity contribution in [2.45, 2.75) is 130 Å². The minimum Gasteiger partial charge on any atom is -0.387 e. The molecule has 256 valence electrons. The summed E-state index contributed by atoms with van der Waals surface area (Å²) in [4.78, 5) is 0. The molecule has 0 amide bonds. The van der Waals surface area contributed by atoms with Gasteiger partial charge in [-0.05, 0) is 78.4 Å². The molecule has 6 N–H and O–H groups in total. The van der Waals surface area contributed by atoms with E-state index in [2.05, 4.69) is 0 Å². The zero-order valence-electron chi connectivity index (χ0n) is 29.8. The van der Waals surface area contributed by atoms with Gasteiger partial charge >= 0.3 is 0 Å². The van der Waals surface area contributed by atoms with Crippen LogP contribution in [0.5, 0.6) is 0 Å². The molecule has 0 radical (unpaired) electrons. The summed E-state index contributed by atoms with van der Waals surface area (Å²) in [5.41, 5.74) is -3.21. The van der Waals surface area contributed by atoms with Gasteiger partial charge in [-0.2, -0.15) is 0 Å². The Labute approximate surface area is 278 Å². The number of aliphatic hydroxyl groups is 6. The Kier molecular flexibility index (Phi) is 12.6. The van der Waals surface area contributed by atoms with Gasteiger partial charge in [-0.25, -0.2) is 0 Å². The molecular formula is C40H60O6. The predicted molar refractivity (Wildman–Crippen MR) is 190 cm³/mol. The Hall–Kier alpha value is -2.58. The third-order valence-corrected chi connectivity index (χ3v) is 9.96. The van der Waals surface area contributed by atoms with E-state index in [9.17, 15) is 30.6 Å². The summed E-state index contributed by atoms with van der Waals surface area (Å²) in [5, 5.41) is 65.0. The first kappa shape index (κ1) is 39.6. The molecule has 0 spiro atoms. The van der Waals surface area contributed by atoms with Crippen LogP contribution in [-0.2, 0) is 0 Å². The minimum absolute atomic E-state index is 0.0626. The molecule has 4 atom stereocenters. The number of allylic oxidation sites excluding steroid dienone is 16. The first-order chi connectivity index (χ1) is 20.9. The van der Waals surface area contributed by atoms with Crippen LogP contribution in [0.1, 0.15) is 101 Å². The summed E-state index contributed by atoms with van der Waals surface area (Å²) >= 11 is 0. The van der Waals surface area contributed by atoms with Crippen LogP contribution in [-0.4, -0.2) is 58.8 Å². The maximum atomic E-state index is 11.4. The molecule has 0 bridgehead atoms. The second-order valence-corrected chi connectivity index (χ2v) is 15.5. The van der Waals surface area contributed by atoms with Gasteiger partial charge in [-0.3, -0.25) is 0 Å². The second kappa shape index (κ2) is 14.7. The monoisotopic (exact) mass is 636 g/mol. The van der Waals surface area contributed by atoms with E-state index in [-0.39, 0.29) is 12.8 Å². The highest BCUT2D eigenvalue weighted by atomic mass is 16.5. The van der Waals surface area contributed by atoms with Gasteiger partial charge in [0.05, 0.1) is 11.2 Å². The quantitative estimate of drug-likeness (QED) is 0.111. The van der Waals surface area contributed by atoms with E-state index in [0.717, 1.165) is 35.1 Å². The third kappa shape index (κ3) is 9.50. The molecule has 2 fully saturated rings. The smallest absolute Gasteiger partial charge is 0.165 e. The van der Waals surface area contributed by atoms with Crippen molar-refractivity contribution in [3.63, 3.8) is 0 Å². The standard InChI is InChI=1S/C40H60O6/c1-30(18-13-20-32(3)22-26-39(45)34(5,6)24-15-25-36(39,9)41)16-11-12-17-31(2)19-14-21-33(4)23-27-40(46)35(7,8)28-38(43,44)29-37(40,10)42/h11-14,16-23,26-27,41-46H,15,24-25,28-29H2,1-10H3/b12-11+,18-13+,19-14+,26-22+,27-23+,30-16+,31-17+,32-20+,33-21+. The Morgan fingerprint density at radius 3 is 1.26 bits per heavy atom. The van der Waals surface area contributed by atoms with Crippen LogP contribution >= 0.6 is 0 Å². The fraction of sp³-hybridized carbons (Fsp3) is 0.550.